The molecule has 0 fully saturated rings. The minimum Gasteiger partial charge on any atom is -0.377 e. The summed E-state index contributed by atoms with van der Waals surface area (Å²) in [6, 6.07) is 25.2. The number of alkyl halides is 3. The number of nitrogens with zero attached hydrogens (tertiary/aromatic N) is 2. The van der Waals surface area contributed by atoms with E-state index in [1.807, 2.05) is 78.9 Å². The van der Waals surface area contributed by atoms with Crippen molar-refractivity contribution in [2.75, 3.05) is 12.3 Å². The molecular weight excluding hydrogens is 509 g/mol. The van der Waals surface area contributed by atoms with Crippen LogP contribution in [0.1, 0.15) is 36.8 Å². The van der Waals surface area contributed by atoms with E-state index in [1.54, 1.807) is 11.8 Å². The zero-order valence-electron chi connectivity index (χ0n) is 20.7. The van der Waals surface area contributed by atoms with Gasteiger partial charge in [0.15, 0.2) is 5.82 Å². The average Bonchev–Trinajstić information content (AvgIpc) is 3.51. The molecule has 4 aromatic rings. The molecule has 3 aromatic carbocycles. The predicted molar refractivity (Wildman–Crippen MR) is 144 cm³/mol. The summed E-state index contributed by atoms with van der Waals surface area (Å²) in [5, 5.41) is 21.6. The van der Waals surface area contributed by atoms with Crippen molar-refractivity contribution < 1.29 is 18.3 Å². The molecule has 0 saturated carbocycles. The third-order valence-corrected chi connectivity index (χ3v) is 7.96. The molecule has 5 rings (SSSR count). The van der Waals surface area contributed by atoms with E-state index in [0.717, 1.165) is 58.7 Å². The maximum Gasteiger partial charge on any atom is 0.401 e. The summed E-state index contributed by atoms with van der Waals surface area (Å²) in [6.45, 7) is -1.25. The van der Waals surface area contributed by atoms with Gasteiger partial charge in [-0.3, -0.25) is 10.4 Å². The summed E-state index contributed by atoms with van der Waals surface area (Å²) in [7, 11) is 0. The van der Waals surface area contributed by atoms with Gasteiger partial charge < -0.3 is 5.11 Å². The molecule has 198 valence electrons. The van der Waals surface area contributed by atoms with Crippen LogP contribution in [0.25, 0.3) is 22.5 Å². The summed E-state index contributed by atoms with van der Waals surface area (Å²) in [5.41, 5.74) is 3.68. The van der Waals surface area contributed by atoms with E-state index in [1.165, 1.54) is 0 Å². The van der Waals surface area contributed by atoms with E-state index >= 15 is 0 Å². The van der Waals surface area contributed by atoms with E-state index in [-0.39, 0.29) is 0 Å². The van der Waals surface area contributed by atoms with Crippen molar-refractivity contribution in [2.24, 2.45) is 0 Å². The quantitative estimate of drug-likeness (QED) is 0.115. The van der Waals surface area contributed by atoms with Crippen LogP contribution in [-0.2, 0) is 5.41 Å². The van der Waals surface area contributed by atoms with Crippen molar-refractivity contribution in [3.8, 4) is 22.5 Å². The Morgan fingerprint density at radius 1 is 0.868 bits per heavy atom. The highest BCUT2D eigenvalue weighted by atomic mass is 32.2. The molecule has 1 atom stereocenters. The van der Waals surface area contributed by atoms with Crippen LogP contribution in [-0.4, -0.2) is 45.0 Å². The largest absolute Gasteiger partial charge is 0.401 e. The maximum absolute atomic E-state index is 13.1. The maximum atomic E-state index is 13.1. The molecule has 3 N–H and O–H groups in total. The van der Waals surface area contributed by atoms with Crippen molar-refractivity contribution >= 4 is 11.8 Å². The van der Waals surface area contributed by atoms with Crippen LogP contribution in [0.2, 0.25) is 0 Å². The number of rotatable bonds is 11. The second-order valence-corrected chi connectivity index (χ2v) is 10.5. The number of H-pyrrole nitrogens is 1. The highest BCUT2D eigenvalue weighted by Gasteiger charge is 2.48. The summed E-state index contributed by atoms with van der Waals surface area (Å²) >= 11 is 1.57. The molecule has 0 saturated heterocycles. The molecule has 9 heteroatoms. The third-order valence-electron chi connectivity index (χ3n) is 7.03. The van der Waals surface area contributed by atoms with Gasteiger partial charge in [0, 0.05) is 11.3 Å². The Hall–Kier alpha value is -3.14. The summed E-state index contributed by atoms with van der Waals surface area (Å²) < 4.78 is 39.2. The summed E-state index contributed by atoms with van der Waals surface area (Å²) in [6.07, 6.45) is -2.77. The Morgan fingerprint density at radius 3 is 2.16 bits per heavy atom. The summed E-state index contributed by atoms with van der Waals surface area (Å²) in [5.74, 6) is 1.55. The highest BCUT2D eigenvalue weighted by Crippen LogP contribution is 2.53. The minimum absolute atomic E-state index is 0.524. The number of aromatic nitrogens is 3. The van der Waals surface area contributed by atoms with Gasteiger partial charge in [0.1, 0.15) is 6.23 Å². The lowest BCUT2D eigenvalue weighted by Gasteiger charge is -2.37. The van der Waals surface area contributed by atoms with Gasteiger partial charge in [0.2, 0.25) is 5.16 Å². The first kappa shape index (κ1) is 26.5. The molecule has 38 heavy (non-hydrogen) atoms. The van der Waals surface area contributed by atoms with Crippen molar-refractivity contribution in [1.29, 1.82) is 0 Å². The van der Waals surface area contributed by atoms with Gasteiger partial charge >= 0.3 is 6.18 Å². The van der Waals surface area contributed by atoms with E-state index < -0.39 is 24.4 Å². The first-order valence-electron chi connectivity index (χ1n) is 12.7. The van der Waals surface area contributed by atoms with Crippen molar-refractivity contribution in [2.45, 2.75) is 48.7 Å². The number of hydrogen-bond acceptors (Lipinski definition) is 5. The standard InChI is InChI=1S/C29H29F3N4OS/c30-29(31,32)19-33-26(37)28(23-15-7-5-13-21(23)22-14-6-8-16-24(22)28)17-9-2-10-18-38-27-34-25(35-36-27)20-11-3-1-4-12-20/h1,3-8,11-16,26,33,37H,2,9-10,17-19H2,(H,34,35,36). The topological polar surface area (TPSA) is 73.8 Å². The molecule has 0 spiro atoms. The number of thioether (sulfide) groups is 1. The molecule has 0 radical (unpaired) electrons. The number of hydrogen-bond donors (Lipinski definition) is 3. The van der Waals surface area contributed by atoms with Gasteiger partial charge in [0.25, 0.3) is 0 Å². The molecule has 1 aliphatic carbocycles. The van der Waals surface area contributed by atoms with Crippen LogP contribution in [0.4, 0.5) is 13.2 Å². The Bertz CT molecular complexity index is 1310. The second kappa shape index (κ2) is 11.3. The number of aliphatic hydroxyl groups excluding tert-OH is 1. The number of fused-ring (bicyclic) bond motifs is 3. The molecule has 0 bridgehead atoms. The fourth-order valence-corrected chi connectivity index (χ4v) is 6.13. The highest BCUT2D eigenvalue weighted by molar-refractivity contribution is 7.99. The Kier molecular flexibility index (Phi) is 7.88. The number of aliphatic hydroxyl groups is 1. The normalized spacial score (nSPS) is 14.7. The SMILES string of the molecule is OC(NCC(F)(F)F)C1(CCCCCSc2n[nH]c(-c3ccccc3)n2)c2ccccc2-c2ccccc21. The lowest BCUT2D eigenvalue weighted by Crippen LogP contribution is -2.50. The molecule has 0 amide bonds. The molecular formula is C29H29F3N4OS. The van der Waals surface area contributed by atoms with Crippen molar-refractivity contribution in [1.82, 2.24) is 20.5 Å². The Balaban J connectivity index is 1.25. The van der Waals surface area contributed by atoms with Gasteiger partial charge in [-0.2, -0.15) is 13.2 Å². The van der Waals surface area contributed by atoms with Crippen LogP contribution in [0.5, 0.6) is 0 Å². The molecule has 0 aliphatic heterocycles. The van der Waals surface area contributed by atoms with Gasteiger partial charge in [-0.25, -0.2) is 4.98 Å². The Labute approximate surface area is 223 Å². The Morgan fingerprint density at radius 2 is 1.50 bits per heavy atom. The van der Waals surface area contributed by atoms with E-state index in [0.29, 0.717) is 11.6 Å². The van der Waals surface area contributed by atoms with Gasteiger partial charge in [0.05, 0.1) is 12.0 Å². The van der Waals surface area contributed by atoms with E-state index in [4.69, 9.17) is 0 Å². The van der Waals surface area contributed by atoms with Crippen LogP contribution < -0.4 is 5.32 Å². The van der Waals surface area contributed by atoms with E-state index in [2.05, 4.69) is 20.5 Å². The van der Waals surface area contributed by atoms with Crippen LogP contribution in [0, 0.1) is 0 Å². The number of nitrogens with one attached hydrogen (secondary N) is 2. The predicted octanol–water partition coefficient (Wildman–Crippen LogP) is 6.56. The molecule has 1 heterocycles. The van der Waals surface area contributed by atoms with Gasteiger partial charge in [-0.15, -0.1) is 5.10 Å². The number of benzene rings is 3. The van der Waals surface area contributed by atoms with Crippen LogP contribution >= 0.6 is 11.8 Å². The van der Waals surface area contributed by atoms with Crippen LogP contribution in [0.15, 0.2) is 84.0 Å². The monoisotopic (exact) mass is 538 g/mol. The lowest BCUT2D eigenvalue weighted by atomic mass is 9.72. The molecule has 1 aliphatic rings. The van der Waals surface area contributed by atoms with Crippen LogP contribution in [0.3, 0.4) is 0 Å². The zero-order valence-corrected chi connectivity index (χ0v) is 21.5. The molecule has 5 nitrogen and oxygen atoms in total. The van der Waals surface area contributed by atoms with E-state index in [9.17, 15) is 18.3 Å². The molecule has 1 unspecified atom stereocenters. The lowest BCUT2D eigenvalue weighted by molar-refractivity contribution is -0.133. The summed E-state index contributed by atoms with van der Waals surface area (Å²) in [4.78, 5) is 4.55. The second-order valence-electron chi connectivity index (χ2n) is 9.45. The zero-order chi connectivity index (χ0) is 26.6. The first-order valence-corrected chi connectivity index (χ1v) is 13.7. The first-order chi connectivity index (χ1) is 18.4. The van der Waals surface area contributed by atoms with Gasteiger partial charge in [-0.1, -0.05) is 103 Å². The number of unbranched alkanes of at least 4 members (excludes halogenated alkanes) is 2. The third kappa shape index (κ3) is 5.50. The smallest absolute Gasteiger partial charge is 0.377 e. The van der Waals surface area contributed by atoms with Crippen molar-refractivity contribution in [3.63, 3.8) is 0 Å². The van der Waals surface area contributed by atoms with Gasteiger partial charge in [-0.05, 0) is 35.1 Å². The number of halogens is 3. The fraction of sp³-hybridized carbons (Fsp3) is 0.310. The molecule has 1 aromatic heterocycles. The van der Waals surface area contributed by atoms with Crippen molar-refractivity contribution in [3.05, 3.63) is 90.0 Å². The number of aromatic amines is 1. The average molecular weight is 539 g/mol. The fourth-order valence-electron chi connectivity index (χ4n) is 5.33. The minimum atomic E-state index is -4.42.